The highest BCUT2D eigenvalue weighted by Crippen LogP contribution is 2.22. The number of carbonyl (C=O) groups excluding carboxylic acids is 1. The van der Waals surface area contributed by atoms with Gasteiger partial charge in [-0.15, -0.1) is 11.3 Å². The molecule has 0 atom stereocenters. The highest BCUT2D eigenvalue weighted by atomic mass is 79.9. The Morgan fingerprint density at radius 2 is 1.95 bits per heavy atom. The lowest BCUT2D eigenvalue weighted by Crippen LogP contribution is -2.04. The number of hydrogen-bond acceptors (Lipinski definition) is 3. The molecule has 0 aliphatic rings. The van der Waals surface area contributed by atoms with E-state index in [1.807, 2.05) is 31.2 Å². The standard InChI is InChI=1S/C15H16BrNOS/c1-2-14(18)11-3-5-12(6-4-11)17-10-9-13-7-8-15(16)19-13/h3-8,17H,2,9-10H2,1H3. The van der Waals surface area contributed by atoms with Crippen LogP contribution in [-0.4, -0.2) is 12.3 Å². The molecule has 1 N–H and O–H groups in total. The number of rotatable bonds is 6. The van der Waals surface area contributed by atoms with E-state index >= 15 is 0 Å². The Bertz CT molecular complexity index is 548. The summed E-state index contributed by atoms with van der Waals surface area (Å²) in [5.74, 6) is 0.190. The van der Waals surface area contributed by atoms with Crippen molar-refractivity contribution >= 4 is 38.7 Å². The van der Waals surface area contributed by atoms with Crippen LogP contribution in [0.1, 0.15) is 28.6 Å². The second-order valence-corrected chi connectivity index (χ2v) is 6.78. The zero-order valence-electron chi connectivity index (χ0n) is 10.8. The third-order valence-electron chi connectivity index (χ3n) is 2.86. The minimum absolute atomic E-state index is 0.190. The van der Waals surface area contributed by atoms with E-state index in [2.05, 4.69) is 33.4 Å². The van der Waals surface area contributed by atoms with Crippen molar-refractivity contribution in [3.8, 4) is 0 Å². The Labute approximate surface area is 126 Å². The first-order chi connectivity index (χ1) is 9.19. The fourth-order valence-corrected chi connectivity index (χ4v) is 3.28. The molecule has 0 spiro atoms. The van der Waals surface area contributed by atoms with E-state index in [1.165, 1.54) is 8.66 Å². The fourth-order valence-electron chi connectivity index (χ4n) is 1.79. The second-order valence-electron chi connectivity index (χ2n) is 4.24. The van der Waals surface area contributed by atoms with Crippen LogP contribution in [0.2, 0.25) is 0 Å². The lowest BCUT2D eigenvalue weighted by atomic mass is 10.1. The predicted octanol–water partition coefficient (Wildman–Crippen LogP) is 4.76. The van der Waals surface area contributed by atoms with Crippen LogP contribution in [-0.2, 0) is 6.42 Å². The smallest absolute Gasteiger partial charge is 0.162 e. The van der Waals surface area contributed by atoms with Crippen molar-refractivity contribution < 1.29 is 4.79 Å². The van der Waals surface area contributed by atoms with Crippen molar-refractivity contribution in [2.75, 3.05) is 11.9 Å². The molecule has 0 saturated heterocycles. The predicted molar refractivity (Wildman–Crippen MR) is 85.3 cm³/mol. The largest absolute Gasteiger partial charge is 0.385 e. The first-order valence-electron chi connectivity index (χ1n) is 6.30. The van der Waals surface area contributed by atoms with E-state index in [0.29, 0.717) is 6.42 Å². The van der Waals surface area contributed by atoms with E-state index in [1.54, 1.807) is 11.3 Å². The first-order valence-corrected chi connectivity index (χ1v) is 7.91. The summed E-state index contributed by atoms with van der Waals surface area (Å²) in [6, 6.07) is 11.9. The van der Waals surface area contributed by atoms with Gasteiger partial charge in [0.15, 0.2) is 5.78 Å². The molecule has 0 saturated carbocycles. The average Bonchev–Trinajstić information content (AvgIpc) is 2.84. The molecule has 0 bridgehead atoms. The number of halogens is 1. The van der Waals surface area contributed by atoms with Gasteiger partial charge >= 0.3 is 0 Å². The Hall–Kier alpha value is -1.13. The maximum atomic E-state index is 11.5. The van der Waals surface area contributed by atoms with Crippen LogP contribution in [0.5, 0.6) is 0 Å². The second kappa shape index (κ2) is 6.87. The molecular weight excluding hydrogens is 322 g/mol. The fraction of sp³-hybridized carbons (Fsp3) is 0.267. The van der Waals surface area contributed by atoms with Gasteiger partial charge in [0.1, 0.15) is 0 Å². The van der Waals surface area contributed by atoms with E-state index in [0.717, 1.165) is 24.2 Å². The monoisotopic (exact) mass is 337 g/mol. The summed E-state index contributed by atoms with van der Waals surface area (Å²) in [6.07, 6.45) is 1.56. The Kier molecular flexibility index (Phi) is 5.16. The summed E-state index contributed by atoms with van der Waals surface area (Å²) < 4.78 is 1.17. The van der Waals surface area contributed by atoms with Crippen molar-refractivity contribution in [2.45, 2.75) is 19.8 Å². The van der Waals surface area contributed by atoms with Gasteiger partial charge in [-0.2, -0.15) is 0 Å². The number of benzene rings is 1. The Balaban J connectivity index is 1.84. The van der Waals surface area contributed by atoms with Gasteiger partial charge in [0, 0.05) is 29.1 Å². The lowest BCUT2D eigenvalue weighted by molar-refractivity contribution is 0.0988. The van der Waals surface area contributed by atoms with Crippen LogP contribution in [0.3, 0.4) is 0 Å². The normalized spacial score (nSPS) is 10.4. The number of nitrogens with one attached hydrogen (secondary N) is 1. The van der Waals surface area contributed by atoms with Crippen LogP contribution in [0.4, 0.5) is 5.69 Å². The quantitative estimate of drug-likeness (QED) is 0.770. The van der Waals surface area contributed by atoms with Crippen molar-refractivity contribution in [1.29, 1.82) is 0 Å². The molecule has 1 heterocycles. The summed E-state index contributed by atoms with van der Waals surface area (Å²) in [4.78, 5) is 12.9. The summed E-state index contributed by atoms with van der Waals surface area (Å²) in [6.45, 7) is 2.78. The maximum Gasteiger partial charge on any atom is 0.162 e. The molecule has 2 nitrogen and oxygen atoms in total. The molecule has 19 heavy (non-hydrogen) atoms. The molecule has 0 fully saturated rings. The van der Waals surface area contributed by atoms with Crippen LogP contribution in [0.15, 0.2) is 40.2 Å². The molecule has 1 aromatic heterocycles. The maximum absolute atomic E-state index is 11.5. The molecule has 0 aliphatic carbocycles. The van der Waals surface area contributed by atoms with Crippen molar-refractivity contribution in [3.05, 3.63) is 50.6 Å². The minimum Gasteiger partial charge on any atom is -0.385 e. The summed E-state index contributed by atoms with van der Waals surface area (Å²) in [7, 11) is 0. The van der Waals surface area contributed by atoms with E-state index in [-0.39, 0.29) is 5.78 Å². The molecule has 0 amide bonds. The van der Waals surface area contributed by atoms with E-state index < -0.39 is 0 Å². The third kappa shape index (κ3) is 4.18. The van der Waals surface area contributed by atoms with Gasteiger partial charge in [-0.3, -0.25) is 4.79 Å². The van der Waals surface area contributed by atoms with Gasteiger partial charge in [0.25, 0.3) is 0 Å². The lowest BCUT2D eigenvalue weighted by Gasteiger charge is -2.06. The van der Waals surface area contributed by atoms with Gasteiger partial charge in [-0.1, -0.05) is 6.92 Å². The van der Waals surface area contributed by atoms with Gasteiger partial charge in [-0.05, 0) is 58.7 Å². The molecule has 100 valence electrons. The van der Waals surface area contributed by atoms with Gasteiger partial charge in [-0.25, -0.2) is 0 Å². The number of anilines is 1. The van der Waals surface area contributed by atoms with Crippen LogP contribution in [0.25, 0.3) is 0 Å². The minimum atomic E-state index is 0.190. The number of carbonyl (C=O) groups is 1. The van der Waals surface area contributed by atoms with E-state index in [9.17, 15) is 4.79 Å². The zero-order chi connectivity index (χ0) is 13.7. The Morgan fingerprint density at radius 3 is 2.53 bits per heavy atom. The molecule has 0 unspecified atom stereocenters. The molecule has 4 heteroatoms. The van der Waals surface area contributed by atoms with Gasteiger partial charge in [0.2, 0.25) is 0 Å². The van der Waals surface area contributed by atoms with Crippen molar-refractivity contribution in [3.63, 3.8) is 0 Å². The summed E-state index contributed by atoms with van der Waals surface area (Å²) in [5.41, 5.74) is 1.85. The van der Waals surface area contributed by atoms with Gasteiger partial charge < -0.3 is 5.32 Å². The number of thiophene rings is 1. The van der Waals surface area contributed by atoms with Crippen molar-refractivity contribution in [2.24, 2.45) is 0 Å². The Morgan fingerprint density at radius 1 is 1.21 bits per heavy atom. The highest BCUT2D eigenvalue weighted by Gasteiger charge is 2.02. The zero-order valence-corrected chi connectivity index (χ0v) is 13.2. The van der Waals surface area contributed by atoms with Gasteiger partial charge in [0.05, 0.1) is 3.79 Å². The van der Waals surface area contributed by atoms with E-state index in [4.69, 9.17) is 0 Å². The topological polar surface area (TPSA) is 29.1 Å². The molecule has 2 aromatic rings. The molecular formula is C15H16BrNOS. The van der Waals surface area contributed by atoms with Crippen LogP contribution in [0, 0.1) is 0 Å². The molecule has 1 aromatic carbocycles. The number of ketones is 1. The van der Waals surface area contributed by atoms with Crippen molar-refractivity contribution in [1.82, 2.24) is 0 Å². The van der Waals surface area contributed by atoms with Crippen LogP contribution < -0.4 is 5.32 Å². The number of hydrogen-bond donors (Lipinski definition) is 1. The summed E-state index contributed by atoms with van der Waals surface area (Å²) in [5, 5.41) is 3.37. The first kappa shape index (κ1) is 14.3. The average molecular weight is 338 g/mol. The third-order valence-corrected chi connectivity index (χ3v) is 4.54. The summed E-state index contributed by atoms with van der Waals surface area (Å²) >= 11 is 5.23. The molecule has 0 aliphatic heterocycles. The SMILES string of the molecule is CCC(=O)c1ccc(NCCc2ccc(Br)s2)cc1. The van der Waals surface area contributed by atoms with Crippen LogP contribution >= 0.6 is 27.3 Å². The molecule has 0 radical (unpaired) electrons. The highest BCUT2D eigenvalue weighted by molar-refractivity contribution is 9.11. The molecule has 2 rings (SSSR count). The number of Topliss-reactive ketones (excluding diaryl/α,β-unsaturated/α-hetero) is 1.